The van der Waals surface area contributed by atoms with Crippen molar-refractivity contribution in [2.75, 3.05) is 12.3 Å². The van der Waals surface area contributed by atoms with Crippen molar-refractivity contribution in [2.24, 2.45) is 5.92 Å². The zero-order chi connectivity index (χ0) is 12.3. The van der Waals surface area contributed by atoms with Gasteiger partial charge in [-0.05, 0) is 31.7 Å². The lowest BCUT2D eigenvalue weighted by Crippen LogP contribution is -2.50. The molecule has 2 rings (SSSR count). The zero-order valence-corrected chi connectivity index (χ0v) is 13.1. The third kappa shape index (κ3) is 3.57. The van der Waals surface area contributed by atoms with Crippen LogP contribution in [0.15, 0.2) is 0 Å². The van der Waals surface area contributed by atoms with Gasteiger partial charge in [-0.15, -0.1) is 0 Å². The molecule has 1 nitrogen and oxygen atoms in total. The standard InChI is InChI=1S/C14H27NS2/c1-4-8-15-14(12-6-5-7-12)13-9-16-10(2)11(3)17-13/h10-15H,4-9H2,1-3H3. The summed E-state index contributed by atoms with van der Waals surface area (Å²) in [6.45, 7) is 8.27. The Morgan fingerprint density at radius 3 is 2.53 bits per heavy atom. The second-order valence-electron chi connectivity index (χ2n) is 5.59. The highest BCUT2D eigenvalue weighted by molar-refractivity contribution is 8.07. The molecular formula is C14H27NS2. The predicted molar refractivity (Wildman–Crippen MR) is 82.2 cm³/mol. The fraction of sp³-hybridized carbons (Fsp3) is 1.00. The van der Waals surface area contributed by atoms with E-state index < -0.39 is 0 Å². The molecule has 0 amide bonds. The van der Waals surface area contributed by atoms with E-state index >= 15 is 0 Å². The Balaban J connectivity index is 1.90. The summed E-state index contributed by atoms with van der Waals surface area (Å²) >= 11 is 4.43. The van der Waals surface area contributed by atoms with Crippen molar-refractivity contribution in [1.29, 1.82) is 0 Å². The van der Waals surface area contributed by atoms with Crippen LogP contribution in [0.1, 0.15) is 46.5 Å². The van der Waals surface area contributed by atoms with E-state index in [2.05, 4.69) is 49.6 Å². The molecule has 0 spiro atoms. The lowest BCUT2D eigenvalue weighted by molar-refractivity contribution is 0.228. The largest absolute Gasteiger partial charge is 0.313 e. The molecule has 0 bridgehead atoms. The SMILES string of the molecule is CCCNC(C1CCC1)C1CSC(C)C(C)S1. The van der Waals surface area contributed by atoms with Gasteiger partial charge >= 0.3 is 0 Å². The normalized spacial score (nSPS) is 36.5. The van der Waals surface area contributed by atoms with E-state index in [9.17, 15) is 0 Å². The lowest BCUT2D eigenvalue weighted by Gasteiger charge is -2.43. The smallest absolute Gasteiger partial charge is 0.0297 e. The molecule has 3 heteroatoms. The molecule has 1 aliphatic carbocycles. The first-order valence-corrected chi connectivity index (χ1v) is 9.22. The first-order valence-electron chi connectivity index (χ1n) is 7.22. The van der Waals surface area contributed by atoms with Crippen molar-refractivity contribution < 1.29 is 0 Å². The molecular weight excluding hydrogens is 246 g/mol. The van der Waals surface area contributed by atoms with Crippen LogP contribution in [0.3, 0.4) is 0 Å². The van der Waals surface area contributed by atoms with Gasteiger partial charge in [-0.3, -0.25) is 0 Å². The molecule has 4 unspecified atom stereocenters. The van der Waals surface area contributed by atoms with Crippen molar-refractivity contribution in [1.82, 2.24) is 5.32 Å². The van der Waals surface area contributed by atoms with Crippen LogP contribution in [0.5, 0.6) is 0 Å². The maximum atomic E-state index is 3.84. The average molecular weight is 274 g/mol. The molecule has 2 aliphatic rings. The minimum Gasteiger partial charge on any atom is -0.313 e. The number of thioether (sulfide) groups is 2. The van der Waals surface area contributed by atoms with Crippen LogP contribution in [0.25, 0.3) is 0 Å². The van der Waals surface area contributed by atoms with Crippen LogP contribution in [-0.4, -0.2) is 34.1 Å². The maximum absolute atomic E-state index is 3.84. The van der Waals surface area contributed by atoms with Gasteiger partial charge in [0.2, 0.25) is 0 Å². The van der Waals surface area contributed by atoms with Gasteiger partial charge in [-0.25, -0.2) is 0 Å². The maximum Gasteiger partial charge on any atom is 0.0297 e. The minimum absolute atomic E-state index is 0.788. The summed E-state index contributed by atoms with van der Waals surface area (Å²) in [7, 11) is 0. The molecule has 4 atom stereocenters. The fourth-order valence-corrected chi connectivity index (χ4v) is 5.92. The van der Waals surface area contributed by atoms with E-state index in [-0.39, 0.29) is 0 Å². The van der Waals surface area contributed by atoms with Crippen LogP contribution < -0.4 is 5.32 Å². The Labute approximate surface area is 115 Å². The van der Waals surface area contributed by atoms with Gasteiger partial charge in [0, 0.05) is 27.5 Å². The summed E-state index contributed by atoms with van der Waals surface area (Å²) in [6.07, 6.45) is 5.66. The Kier molecular flexibility index (Phi) is 5.56. The first kappa shape index (κ1) is 14.1. The monoisotopic (exact) mass is 273 g/mol. The Morgan fingerprint density at radius 2 is 2.00 bits per heavy atom. The molecule has 0 aromatic rings. The van der Waals surface area contributed by atoms with Crippen LogP contribution in [-0.2, 0) is 0 Å². The summed E-state index contributed by atoms with van der Waals surface area (Å²) in [4.78, 5) is 0. The van der Waals surface area contributed by atoms with Gasteiger partial charge in [0.05, 0.1) is 0 Å². The van der Waals surface area contributed by atoms with Crippen molar-refractivity contribution in [3.05, 3.63) is 0 Å². The fourth-order valence-electron chi connectivity index (χ4n) is 2.71. The molecule has 1 saturated heterocycles. The summed E-state index contributed by atoms with van der Waals surface area (Å²) in [5.74, 6) is 2.33. The number of rotatable bonds is 5. The molecule has 17 heavy (non-hydrogen) atoms. The van der Waals surface area contributed by atoms with Crippen LogP contribution in [0, 0.1) is 5.92 Å². The molecule has 0 aromatic carbocycles. The van der Waals surface area contributed by atoms with Crippen molar-refractivity contribution >= 4 is 23.5 Å². The van der Waals surface area contributed by atoms with Gasteiger partial charge in [0.15, 0.2) is 0 Å². The summed E-state index contributed by atoms with van der Waals surface area (Å²) < 4.78 is 0. The average Bonchev–Trinajstić information content (AvgIpc) is 2.25. The highest BCUT2D eigenvalue weighted by atomic mass is 32.2. The Hall–Kier alpha value is 0.660. The number of hydrogen-bond donors (Lipinski definition) is 1. The van der Waals surface area contributed by atoms with E-state index in [0.717, 1.165) is 27.7 Å². The van der Waals surface area contributed by atoms with E-state index in [4.69, 9.17) is 0 Å². The van der Waals surface area contributed by atoms with Gasteiger partial charge in [-0.1, -0.05) is 27.2 Å². The molecule has 1 saturated carbocycles. The van der Waals surface area contributed by atoms with Crippen molar-refractivity contribution in [3.63, 3.8) is 0 Å². The number of hydrogen-bond acceptors (Lipinski definition) is 3. The molecule has 100 valence electrons. The molecule has 2 fully saturated rings. The van der Waals surface area contributed by atoms with E-state index in [0.29, 0.717) is 0 Å². The third-order valence-corrected chi connectivity index (χ3v) is 7.78. The molecule has 1 aliphatic heterocycles. The Bertz CT molecular complexity index is 230. The van der Waals surface area contributed by atoms with Gasteiger partial charge in [0.1, 0.15) is 0 Å². The molecule has 1 heterocycles. The van der Waals surface area contributed by atoms with Gasteiger partial charge in [0.25, 0.3) is 0 Å². The van der Waals surface area contributed by atoms with Gasteiger partial charge in [-0.2, -0.15) is 23.5 Å². The summed E-state index contributed by atoms with van der Waals surface area (Å²) in [5, 5.41) is 6.35. The molecule has 1 N–H and O–H groups in total. The first-order chi connectivity index (χ1) is 8.22. The third-order valence-electron chi connectivity index (χ3n) is 4.26. The van der Waals surface area contributed by atoms with Crippen LogP contribution >= 0.6 is 23.5 Å². The zero-order valence-electron chi connectivity index (χ0n) is 11.4. The van der Waals surface area contributed by atoms with E-state index in [1.165, 1.54) is 38.0 Å². The predicted octanol–water partition coefficient (Wildman–Crippen LogP) is 3.78. The topological polar surface area (TPSA) is 12.0 Å². The summed E-state index contributed by atoms with van der Waals surface area (Å²) in [6, 6.07) is 0.788. The highest BCUT2D eigenvalue weighted by Gasteiger charge is 2.37. The molecule has 0 radical (unpaired) electrons. The van der Waals surface area contributed by atoms with E-state index in [1.807, 2.05) is 0 Å². The number of nitrogens with one attached hydrogen (secondary N) is 1. The minimum atomic E-state index is 0.788. The van der Waals surface area contributed by atoms with Crippen molar-refractivity contribution in [2.45, 2.75) is 68.2 Å². The molecule has 0 aromatic heterocycles. The lowest BCUT2D eigenvalue weighted by atomic mass is 9.78. The highest BCUT2D eigenvalue weighted by Crippen LogP contribution is 2.41. The summed E-state index contributed by atoms with van der Waals surface area (Å²) in [5.41, 5.74) is 0. The van der Waals surface area contributed by atoms with Crippen molar-refractivity contribution in [3.8, 4) is 0 Å². The van der Waals surface area contributed by atoms with Crippen LogP contribution in [0.2, 0.25) is 0 Å². The van der Waals surface area contributed by atoms with Crippen LogP contribution in [0.4, 0.5) is 0 Å². The second-order valence-corrected chi connectivity index (χ2v) is 8.62. The Morgan fingerprint density at radius 1 is 1.24 bits per heavy atom. The van der Waals surface area contributed by atoms with Gasteiger partial charge < -0.3 is 5.32 Å². The second kappa shape index (κ2) is 6.72. The van der Waals surface area contributed by atoms with E-state index in [1.54, 1.807) is 0 Å². The quantitative estimate of drug-likeness (QED) is 0.819.